The largest absolute Gasteiger partial charge is 0.480 e. The Balaban J connectivity index is 1.64. The van der Waals surface area contributed by atoms with Crippen LogP contribution < -0.4 is 20.1 Å². The third kappa shape index (κ3) is 6.23. The topological polar surface area (TPSA) is 85.4 Å². The molecular formula is C20H23F3N4O3. The number of amides is 1. The van der Waals surface area contributed by atoms with Crippen LogP contribution in [0.25, 0.3) is 0 Å². The van der Waals surface area contributed by atoms with Gasteiger partial charge >= 0.3 is 6.18 Å². The van der Waals surface area contributed by atoms with E-state index < -0.39 is 18.7 Å². The Morgan fingerprint density at radius 1 is 1.30 bits per heavy atom. The summed E-state index contributed by atoms with van der Waals surface area (Å²) in [7, 11) is 1.27. The third-order valence-electron chi connectivity index (χ3n) is 4.56. The zero-order valence-electron chi connectivity index (χ0n) is 16.6. The van der Waals surface area contributed by atoms with E-state index in [0.29, 0.717) is 5.92 Å². The fourth-order valence-corrected chi connectivity index (χ4v) is 2.73. The van der Waals surface area contributed by atoms with Crippen LogP contribution in [-0.4, -0.2) is 42.3 Å². The van der Waals surface area contributed by atoms with Crippen LogP contribution in [0, 0.1) is 5.92 Å². The maximum atomic E-state index is 12.7. The predicted octanol–water partition coefficient (Wildman–Crippen LogP) is 3.74. The van der Waals surface area contributed by atoms with E-state index in [1.165, 1.54) is 32.1 Å². The van der Waals surface area contributed by atoms with Crippen LogP contribution >= 0.6 is 0 Å². The number of ether oxygens (including phenoxy) is 2. The molecule has 2 aromatic rings. The SMILES string of the molecule is COc1nc(OCC(F)(F)F)ccc1C(=O)NC(C)c1ccnc(NCC2CC2)c1. The summed E-state index contributed by atoms with van der Waals surface area (Å²) in [5, 5.41) is 6.12. The second kappa shape index (κ2) is 9.19. The number of hydrogen-bond donors (Lipinski definition) is 2. The number of anilines is 1. The first-order valence-corrected chi connectivity index (χ1v) is 9.50. The summed E-state index contributed by atoms with van der Waals surface area (Å²) in [5.41, 5.74) is 0.943. The molecular weight excluding hydrogens is 401 g/mol. The number of nitrogens with one attached hydrogen (secondary N) is 2. The summed E-state index contributed by atoms with van der Waals surface area (Å²) in [4.78, 5) is 20.8. The number of carbonyl (C=O) groups is 1. The molecule has 1 atom stereocenters. The molecule has 2 aromatic heterocycles. The average Bonchev–Trinajstić information content (AvgIpc) is 3.54. The quantitative estimate of drug-likeness (QED) is 0.638. The number of carbonyl (C=O) groups excluding carboxylic acids is 1. The molecule has 1 aliphatic carbocycles. The second-order valence-electron chi connectivity index (χ2n) is 7.10. The maximum Gasteiger partial charge on any atom is 0.422 e. The summed E-state index contributed by atoms with van der Waals surface area (Å²) in [6, 6.07) is 5.84. The van der Waals surface area contributed by atoms with E-state index >= 15 is 0 Å². The van der Waals surface area contributed by atoms with Gasteiger partial charge in [-0.1, -0.05) is 0 Å². The van der Waals surface area contributed by atoms with Crippen LogP contribution in [0.3, 0.4) is 0 Å². The Morgan fingerprint density at radius 3 is 2.73 bits per heavy atom. The number of hydrogen-bond acceptors (Lipinski definition) is 6. The average molecular weight is 424 g/mol. The molecule has 0 saturated heterocycles. The molecule has 2 heterocycles. The molecule has 2 N–H and O–H groups in total. The van der Waals surface area contributed by atoms with Crippen LogP contribution in [0.15, 0.2) is 30.5 Å². The molecule has 1 aliphatic rings. The molecule has 162 valence electrons. The molecule has 0 aromatic carbocycles. The molecule has 1 fully saturated rings. The van der Waals surface area contributed by atoms with Crippen LogP contribution in [0.5, 0.6) is 11.8 Å². The number of methoxy groups -OCH3 is 1. The highest BCUT2D eigenvalue weighted by Gasteiger charge is 2.29. The molecule has 3 rings (SSSR count). The van der Waals surface area contributed by atoms with Gasteiger partial charge in [-0.05, 0) is 49.4 Å². The van der Waals surface area contributed by atoms with Crippen molar-refractivity contribution < 1.29 is 27.4 Å². The van der Waals surface area contributed by atoms with Crippen molar-refractivity contribution in [2.75, 3.05) is 25.6 Å². The number of alkyl halides is 3. The molecule has 1 unspecified atom stereocenters. The van der Waals surface area contributed by atoms with Crippen LogP contribution in [-0.2, 0) is 0 Å². The van der Waals surface area contributed by atoms with Gasteiger partial charge in [0.25, 0.3) is 5.91 Å². The summed E-state index contributed by atoms with van der Waals surface area (Å²) < 4.78 is 46.5. The van der Waals surface area contributed by atoms with Gasteiger partial charge in [-0.3, -0.25) is 4.79 Å². The lowest BCUT2D eigenvalue weighted by atomic mass is 10.1. The zero-order valence-corrected chi connectivity index (χ0v) is 16.6. The van der Waals surface area contributed by atoms with Gasteiger partial charge in [-0.25, -0.2) is 4.98 Å². The lowest BCUT2D eigenvalue weighted by Gasteiger charge is -2.17. The first-order valence-electron chi connectivity index (χ1n) is 9.50. The van der Waals surface area contributed by atoms with Crippen molar-refractivity contribution in [3.8, 4) is 11.8 Å². The van der Waals surface area contributed by atoms with E-state index in [1.54, 1.807) is 12.3 Å². The molecule has 0 bridgehead atoms. The number of pyridine rings is 2. The fourth-order valence-electron chi connectivity index (χ4n) is 2.73. The maximum absolute atomic E-state index is 12.7. The molecule has 30 heavy (non-hydrogen) atoms. The number of nitrogens with zero attached hydrogens (tertiary/aromatic N) is 2. The van der Waals surface area contributed by atoms with Gasteiger partial charge in [0.05, 0.1) is 13.2 Å². The third-order valence-corrected chi connectivity index (χ3v) is 4.56. The Labute approximate surface area is 172 Å². The second-order valence-corrected chi connectivity index (χ2v) is 7.10. The van der Waals surface area contributed by atoms with Gasteiger partial charge in [0.15, 0.2) is 6.61 Å². The van der Waals surface area contributed by atoms with E-state index in [2.05, 4.69) is 25.3 Å². The van der Waals surface area contributed by atoms with Crippen LogP contribution in [0.2, 0.25) is 0 Å². The van der Waals surface area contributed by atoms with Gasteiger partial charge in [0.1, 0.15) is 11.4 Å². The highest BCUT2D eigenvalue weighted by atomic mass is 19.4. The minimum absolute atomic E-state index is 0.0878. The van der Waals surface area contributed by atoms with E-state index in [-0.39, 0.29) is 23.4 Å². The fraction of sp³-hybridized carbons (Fsp3) is 0.450. The van der Waals surface area contributed by atoms with E-state index in [9.17, 15) is 18.0 Å². The highest BCUT2D eigenvalue weighted by Crippen LogP contribution is 2.29. The lowest BCUT2D eigenvalue weighted by Crippen LogP contribution is -2.27. The molecule has 0 radical (unpaired) electrons. The summed E-state index contributed by atoms with van der Waals surface area (Å²) in [5.74, 6) is 0.565. The van der Waals surface area contributed by atoms with Gasteiger partial charge in [0.2, 0.25) is 11.8 Å². The normalized spacial score (nSPS) is 14.7. The number of aromatic nitrogens is 2. The van der Waals surface area contributed by atoms with Crippen LogP contribution in [0.4, 0.5) is 19.0 Å². The molecule has 1 saturated carbocycles. The Hall–Kier alpha value is -3.04. The smallest absolute Gasteiger partial charge is 0.422 e. The van der Waals surface area contributed by atoms with E-state index in [4.69, 9.17) is 4.74 Å². The van der Waals surface area contributed by atoms with Gasteiger partial charge in [-0.2, -0.15) is 18.2 Å². The Kier molecular flexibility index (Phi) is 6.63. The van der Waals surface area contributed by atoms with Crippen LogP contribution in [0.1, 0.15) is 41.7 Å². The molecule has 0 spiro atoms. The van der Waals surface area contributed by atoms with E-state index in [1.807, 2.05) is 13.0 Å². The van der Waals surface area contributed by atoms with Gasteiger partial charge in [-0.15, -0.1) is 0 Å². The van der Waals surface area contributed by atoms with Crippen molar-refractivity contribution >= 4 is 11.7 Å². The zero-order chi connectivity index (χ0) is 21.7. The standard InChI is InChI=1S/C20H23F3N4O3/c1-12(14-7-8-24-16(9-14)25-10-13-3-4-13)26-18(28)15-5-6-17(27-19(15)29-2)30-11-20(21,22)23/h5-9,12-13H,3-4,10-11H2,1-2H3,(H,24,25)(H,26,28). The predicted molar refractivity (Wildman–Crippen MR) is 104 cm³/mol. The number of rotatable bonds is 9. The molecule has 10 heteroatoms. The summed E-state index contributed by atoms with van der Waals surface area (Å²) in [6.07, 6.45) is -0.358. The van der Waals surface area contributed by atoms with Crippen molar-refractivity contribution in [3.63, 3.8) is 0 Å². The minimum Gasteiger partial charge on any atom is -0.480 e. The molecule has 0 aliphatic heterocycles. The Morgan fingerprint density at radius 2 is 2.07 bits per heavy atom. The first kappa shape index (κ1) is 21.7. The summed E-state index contributed by atoms with van der Waals surface area (Å²) >= 11 is 0. The highest BCUT2D eigenvalue weighted by molar-refractivity contribution is 5.96. The number of halogens is 3. The van der Waals surface area contributed by atoms with E-state index in [0.717, 1.165) is 17.9 Å². The minimum atomic E-state index is -4.49. The molecule has 1 amide bonds. The monoisotopic (exact) mass is 424 g/mol. The Bertz CT molecular complexity index is 888. The van der Waals surface area contributed by atoms with Crippen molar-refractivity contribution in [2.24, 2.45) is 5.92 Å². The molecule has 7 nitrogen and oxygen atoms in total. The summed E-state index contributed by atoms with van der Waals surface area (Å²) in [6.45, 7) is 1.21. The van der Waals surface area contributed by atoms with Crippen molar-refractivity contribution in [1.29, 1.82) is 0 Å². The van der Waals surface area contributed by atoms with Crippen molar-refractivity contribution in [2.45, 2.75) is 32.0 Å². The van der Waals surface area contributed by atoms with Gasteiger partial charge < -0.3 is 20.1 Å². The van der Waals surface area contributed by atoms with Crippen molar-refractivity contribution in [3.05, 3.63) is 41.6 Å². The van der Waals surface area contributed by atoms with Crippen molar-refractivity contribution in [1.82, 2.24) is 15.3 Å². The van der Waals surface area contributed by atoms with Gasteiger partial charge in [0, 0.05) is 18.8 Å². The first-order chi connectivity index (χ1) is 14.2. The lowest BCUT2D eigenvalue weighted by molar-refractivity contribution is -0.154.